The predicted molar refractivity (Wildman–Crippen MR) is 124 cm³/mol. The fourth-order valence-corrected chi connectivity index (χ4v) is 4.44. The number of ether oxygens (including phenoxy) is 1. The second kappa shape index (κ2) is 11.7. The molecule has 3 rings (SSSR count). The normalized spacial score (nSPS) is 14.3. The Hall–Kier alpha value is -3.11. The number of carbonyl (C=O) groups is 2. The van der Waals surface area contributed by atoms with Gasteiger partial charge in [-0.15, -0.1) is 0 Å². The van der Waals surface area contributed by atoms with E-state index < -0.39 is 16.1 Å². The van der Waals surface area contributed by atoms with E-state index in [1.165, 1.54) is 12.1 Å². The molecular formula is C23H30N4O5S. The van der Waals surface area contributed by atoms with Crippen LogP contribution in [0.4, 0.5) is 4.79 Å². The van der Waals surface area contributed by atoms with Gasteiger partial charge in [-0.05, 0) is 56.0 Å². The molecule has 33 heavy (non-hydrogen) atoms. The average Bonchev–Trinajstić information content (AvgIpc) is 2.80. The summed E-state index contributed by atoms with van der Waals surface area (Å²) in [5.41, 5.74) is 3.89. The summed E-state index contributed by atoms with van der Waals surface area (Å²) in [6.45, 7) is 4.11. The molecule has 10 heteroatoms. The summed E-state index contributed by atoms with van der Waals surface area (Å²) >= 11 is 0. The smallest absolute Gasteiger partial charge is 0.343 e. The minimum Gasteiger partial charge on any atom is -0.493 e. The number of benzene rings is 2. The van der Waals surface area contributed by atoms with E-state index in [1.54, 1.807) is 35.3 Å². The average molecular weight is 475 g/mol. The van der Waals surface area contributed by atoms with Crippen molar-refractivity contribution >= 4 is 22.0 Å². The molecule has 2 aromatic carbocycles. The van der Waals surface area contributed by atoms with Gasteiger partial charge in [-0.3, -0.25) is 10.2 Å². The molecule has 1 saturated heterocycles. The van der Waals surface area contributed by atoms with Gasteiger partial charge >= 0.3 is 6.03 Å². The van der Waals surface area contributed by atoms with E-state index in [0.717, 1.165) is 24.8 Å². The lowest BCUT2D eigenvalue weighted by molar-refractivity contribution is 0.0950. The number of para-hydroxylation sites is 1. The fourth-order valence-electron chi connectivity index (χ4n) is 3.54. The summed E-state index contributed by atoms with van der Waals surface area (Å²) in [6, 6.07) is 12.5. The summed E-state index contributed by atoms with van der Waals surface area (Å²) in [6.07, 6.45) is 3.56. The molecule has 0 spiro atoms. The first-order chi connectivity index (χ1) is 15.9. The highest BCUT2D eigenvalue weighted by Gasteiger charge is 2.20. The SMILES string of the molecule is CCOc1ccccc1C(=O)NCCc1ccc(S(=O)(=O)NC(=O)NN2CCCCC2)cc1. The third-order valence-electron chi connectivity index (χ3n) is 5.21. The Morgan fingerprint density at radius 2 is 1.70 bits per heavy atom. The highest BCUT2D eigenvalue weighted by atomic mass is 32.2. The maximum Gasteiger partial charge on any atom is 0.343 e. The van der Waals surface area contributed by atoms with Gasteiger partial charge in [0.1, 0.15) is 5.75 Å². The molecule has 1 heterocycles. The van der Waals surface area contributed by atoms with Crippen LogP contribution in [0.5, 0.6) is 5.75 Å². The van der Waals surface area contributed by atoms with E-state index >= 15 is 0 Å². The van der Waals surface area contributed by atoms with Gasteiger partial charge in [0.15, 0.2) is 0 Å². The number of hydrogen-bond donors (Lipinski definition) is 3. The van der Waals surface area contributed by atoms with Crippen LogP contribution in [-0.2, 0) is 16.4 Å². The summed E-state index contributed by atoms with van der Waals surface area (Å²) < 4.78 is 32.5. The van der Waals surface area contributed by atoms with Crippen LogP contribution in [0, 0.1) is 0 Å². The van der Waals surface area contributed by atoms with Crippen LogP contribution in [0.25, 0.3) is 0 Å². The van der Waals surface area contributed by atoms with Crippen LogP contribution < -0.4 is 20.2 Å². The molecule has 0 aromatic heterocycles. The highest BCUT2D eigenvalue weighted by molar-refractivity contribution is 7.90. The molecule has 0 atom stereocenters. The van der Waals surface area contributed by atoms with Gasteiger partial charge in [0.2, 0.25) is 0 Å². The zero-order valence-corrected chi connectivity index (χ0v) is 19.5. The molecule has 0 radical (unpaired) electrons. The van der Waals surface area contributed by atoms with Gasteiger partial charge in [-0.2, -0.15) is 0 Å². The van der Waals surface area contributed by atoms with Crippen molar-refractivity contribution in [2.45, 2.75) is 37.5 Å². The van der Waals surface area contributed by atoms with Crippen LogP contribution in [0.2, 0.25) is 0 Å². The van der Waals surface area contributed by atoms with E-state index in [-0.39, 0.29) is 10.8 Å². The first kappa shape index (κ1) is 24.5. The monoisotopic (exact) mass is 474 g/mol. The maximum atomic E-state index is 12.5. The summed E-state index contributed by atoms with van der Waals surface area (Å²) in [5.74, 6) is 0.297. The van der Waals surface area contributed by atoms with E-state index in [4.69, 9.17) is 4.74 Å². The lowest BCUT2D eigenvalue weighted by atomic mass is 10.1. The van der Waals surface area contributed by atoms with Crippen molar-refractivity contribution in [3.05, 3.63) is 59.7 Å². The van der Waals surface area contributed by atoms with Crippen LogP contribution in [0.1, 0.15) is 42.1 Å². The first-order valence-corrected chi connectivity index (χ1v) is 12.5. The third kappa shape index (κ3) is 7.19. The van der Waals surface area contributed by atoms with Crippen LogP contribution >= 0.6 is 0 Å². The van der Waals surface area contributed by atoms with Crippen molar-refractivity contribution in [2.24, 2.45) is 0 Å². The molecule has 3 N–H and O–H groups in total. The molecule has 1 aliphatic rings. The zero-order chi connectivity index (χ0) is 23.7. The summed E-state index contributed by atoms with van der Waals surface area (Å²) in [4.78, 5) is 24.5. The molecule has 0 aliphatic carbocycles. The molecule has 178 valence electrons. The predicted octanol–water partition coefficient (Wildman–Crippen LogP) is 2.45. The first-order valence-electron chi connectivity index (χ1n) is 11.1. The third-order valence-corrected chi connectivity index (χ3v) is 6.55. The molecule has 2 aromatic rings. The van der Waals surface area contributed by atoms with Crippen molar-refractivity contribution in [3.8, 4) is 5.75 Å². The number of nitrogens with zero attached hydrogens (tertiary/aromatic N) is 1. The van der Waals surface area contributed by atoms with Gasteiger partial charge in [0.25, 0.3) is 15.9 Å². The Morgan fingerprint density at radius 3 is 2.39 bits per heavy atom. The standard InChI is InChI=1S/C23H30N4O5S/c1-2-32-21-9-5-4-8-20(21)22(28)24-15-14-18-10-12-19(13-11-18)33(30,31)26-23(29)25-27-16-6-3-7-17-27/h4-5,8-13H,2-3,6-7,14-17H2,1H3,(H,24,28)(H2,25,26,29). The lowest BCUT2D eigenvalue weighted by Gasteiger charge is -2.26. The zero-order valence-electron chi connectivity index (χ0n) is 18.7. The number of sulfonamides is 1. The van der Waals surface area contributed by atoms with Crippen molar-refractivity contribution in [2.75, 3.05) is 26.2 Å². The van der Waals surface area contributed by atoms with E-state index in [9.17, 15) is 18.0 Å². The van der Waals surface area contributed by atoms with E-state index in [2.05, 4.69) is 10.7 Å². The van der Waals surface area contributed by atoms with Gasteiger partial charge in [0.05, 0.1) is 17.1 Å². The lowest BCUT2D eigenvalue weighted by Crippen LogP contribution is -2.50. The Morgan fingerprint density at radius 1 is 1.00 bits per heavy atom. The highest BCUT2D eigenvalue weighted by Crippen LogP contribution is 2.18. The molecule has 0 saturated carbocycles. The van der Waals surface area contributed by atoms with Crippen molar-refractivity contribution < 1.29 is 22.7 Å². The number of nitrogens with one attached hydrogen (secondary N) is 3. The number of piperidine rings is 1. The second-order valence-electron chi connectivity index (χ2n) is 7.67. The molecule has 0 unspecified atom stereocenters. The number of carbonyl (C=O) groups excluding carboxylic acids is 2. The molecule has 1 fully saturated rings. The van der Waals surface area contributed by atoms with E-state index in [1.807, 2.05) is 17.7 Å². The van der Waals surface area contributed by atoms with Crippen LogP contribution in [-0.4, -0.2) is 51.6 Å². The number of hydrazine groups is 1. The Kier molecular flexibility index (Phi) is 8.67. The topological polar surface area (TPSA) is 117 Å². The summed E-state index contributed by atoms with van der Waals surface area (Å²) in [7, 11) is -3.98. The molecule has 1 aliphatic heterocycles. The van der Waals surface area contributed by atoms with Gasteiger partial charge < -0.3 is 10.1 Å². The molecular weight excluding hydrogens is 444 g/mol. The van der Waals surface area contributed by atoms with Gasteiger partial charge in [0, 0.05) is 19.6 Å². The Labute approximate surface area is 194 Å². The number of urea groups is 1. The Balaban J connectivity index is 1.50. The van der Waals surface area contributed by atoms with Gasteiger partial charge in [-0.1, -0.05) is 30.7 Å². The summed E-state index contributed by atoms with van der Waals surface area (Å²) in [5, 5.41) is 4.57. The van der Waals surface area contributed by atoms with Crippen LogP contribution in [0.15, 0.2) is 53.4 Å². The van der Waals surface area contributed by atoms with Crippen molar-refractivity contribution in [3.63, 3.8) is 0 Å². The van der Waals surface area contributed by atoms with Crippen LogP contribution in [0.3, 0.4) is 0 Å². The van der Waals surface area contributed by atoms with Gasteiger partial charge in [-0.25, -0.2) is 22.9 Å². The van der Waals surface area contributed by atoms with Crippen molar-refractivity contribution in [1.29, 1.82) is 0 Å². The quantitative estimate of drug-likeness (QED) is 0.514. The minimum atomic E-state index is -3.98. The Bertz CT molecular complexity index is 1050. The largest absolute Gasteiger partial charge is 0.493 e. The number of amides is 3. The molecule has 9 nitrogen and oxygen atoms in total. The van der Waals surface area contributed by atoms with Crippen molar-refractivity contribution in [1.82, 2.24) is 20.5 Å². The maximum absolute atomic E-state index is 12.5. The van der Waals surface area contributed by atoms with E-state index in [0.29, 0.717) is 44.0 Å². The second-order valence-corrected chi connectivity index (χ2v) is 9.36. The number of hydrogen-bond acceptors (Lipinski definition) is 6. The molecule has 3 amide bonds. The number of rotatable bonds is 9. The fraction of sp³-hybridized carbons (Fsp3) is 0.391. The minimum absolute atomic E-state index is 0.00489. The molecule has 0 bridgehead atoms.